The van der Waals surface area contributed by atoms with Crippen LogP contribution >= 0.6 is 11.6 Å². The number of aromatic amines is 1. The molecule has 0 fully saturated rings. The van der Waals surface area contributed by atoms with Crippen LogP contribution in [0.1, 0.15) is 0 Å². The van der Waals surface area contributed by atoms with Crippen molar-refractivity contribution in [3.05, 3.63) is 70.1 Å². The number of nitrogens with one attached hydrogen (secondary N) is 1. The van der Waals surface area contributed by atoms with Gasteiger partial charge in [0.25, 0.3) is 0 Å². The molecule has 0 aliphatic heterocycles. The topological polar surface area (TPSA) is 50.7 Å². The van der Waals surface area contributed by atoms with Gasteiger partial charge in [0, 0.05) is 23.1 Å². The van der Waals surface area contributed by atoms with Gasteiger partial charge in [0.1, 0.15) is 11.2 Å². The normalized spacial score (nSPS) is 11.3. The maximum Gasteiger partial charge on any atom is 0.215 e. The molecule has 0 atom stereocenters. The van der Waals surface area contributed by atoms with Crippen molar-refractivity contribution in [3.8, 4) is 5.69 Å². The fourth-order valence-electron chi connectivity index (χ4n) is 2.61. The van der Waals surface area contributed by atoms with Gasteiger partial charge in [-0.2, -0.15) is 0 Å². The van der Waals surface area contributed by atoms with Crippen LogP contribution in [0.4, 0.5) is 0 Å². The molecule has 4 rings (SSSR count). The molecule has 0 spiro atoms. The molecule has 0 amide bonds. The van der Waals surface area contributed by atoms with E-state index in [-0.39, 0.29) is 5.43 Å². The maximum absolute atomic E-state index is 12.5. The molecule has 0 saturated carbocycles. The van der Waals surface area contributed by atoms with Gasteiger partial charge in [0.2, 0.25) is 5.43 Å². The number of H-pyrrole nitrogens is 1. The molecule has 4 nitrogen and oxygen atoms in total. The van der Waals surface area contributed by atoms with Gasteiger partial charge in [-0.3, -0.25) is 9.36 Å². The highest BCUT2D eigenvalue weighted by atomic mass is 35.5. The highest BCUT2D eigenvalue weighted by molar-refractivity contribution is 6.30. The lowest BCUT2D eigenvalue weighted by atomic mass is 10.2. The fraction of sp³-hybridized carbons (Fsp3) is 0. The van der Waals surface area contributed by atoms with E-state index in [1.54, 1.807) is 24.5 Å². The first-order valence-electron chi connectivity index (χ1n) is 6.48. The number of rotatable bonds is 1. The summed E-state index contributed by atoms with van der Waals surface area (Å²) < 4.78 is 1.94. The molecule has 0 aliphatic rings. The summed E-state index contributed by atoms with van der Waals surface area (Å²) in [4.78, 5) is 19.9. The summed E-state index contributed by atoms with van der Waals surface area (Å²) in [5, 5.41) is 1.21. The van der Waals surface area contributed by atoms with E-state index in [1.165, 1.54) is 0 Å². The van der Waals surface area contributed by atoms with Crippen LogP contribution < -0.4 is 5.43 Å². The minimum absolute atomic E-state index is 0.0450. The summed E-state index contributed by atoms with van der Waals surface area (Å²) in [5.74, 6) is 0. The summed E-state index contributed by atoms with van der Waals surface area (Å²) >= 11 is 6.10. The number of hydrogen-bond acceptors (Lipinski definition) is 2. The van der Waals surface area contributed by atoms with Gasteiger partial charge in [-0.1, -0.05) is 17.7 Å². The van der Waals surface area contributed by atoms with Crippen molar-refractivity contribution in [2.75, 3.05) is 0 Å². The third-order valence-corrected chi connectivity index (χ3v) is 3.74. The van der Waals surface area contributed by atoms with E-state index in [4.69, 9.17) is 11.6 Å². The Morgan fingerprint density at radius 1 is 1.14 bits per heavy atom. The van der Waals surface area contributed by atoms with E-state index >= 15 is 0 Å². The standard InChI is InChI=1S/C16H10ClN3O/c17-10-3-1-4-11(9-10)20-13-6-8-18-14(13)15(21)12-5-2-7-19-16(12)20/h1-9,18H. The molecule has 3 aromatic heterocycles. The minimum Gasteiger partial charge on any atom is -0.357 e. The van der Waals surface area contributed by atoms with E-state index in [2.05, 4.69) is 9.97 Å². The molecule has 102 valence electrons. The Balaban J connectivity index is 2.27. The smallest absolute Gasteiger partial charge is 0.215 e. The molecule has 0 unspecified atom stereocenters. The molecule has 0 saturated heterocycles. The van der Waals surface area contributed by atoms with Gasteiger partial charge in [0.15, 0.2) is 0 Å². The van der Waals surface area contributed by atoms with E-state index in [1.807, 2.05) is 34.9 Å². The number of nitrogens with zero attached hydrogens (tertiary/aromatic N) is 2. The van der Waals surface area contributed by atoms with E-state index in [0.717, 1.165) is 11.2 Å². The second kappa shape index (κ2) is 4.46. The zero-order valence-corrected chi connectivity index (χ0v) is 11.6. The second-order valence-electron chi connectivity index (χ2n) is 4.76. The van der Waals surface area contributed by atoms with Gasteiger partial charge < -0.3 is 4.98 Å². The average Bonchev–Trinajstić information content (AvgIpc) is 2.97. The zero-order valence-electron chi connectivity index (χ0n) is 10.9. The van der Waals surface area contributed by atoms with E-state index in [0.29, 0.717) is 21.6 Å². The number of halogens is 1. The molecule has 5 heteroatoms. The van der Waals surface area contributed by atoms with Crippen LogP contribution in [0.2, 0.25) is 5.02 Å². The van der Waals surface area contributed by atoms with Gasteiger partial charge >= 0.3 is 0 Å². The van der Waals surface area contributed by atoms with Gasteiger partial charge in [0.05, 0.1) is 10.9 Å². The molecule has 3 heterocycles. The van der Waals surface area contributed by atoms with Gasteiger partial charge in [-0.05, 0) is 36.4 Å². The predicted octanol–water partition coefficient (Wildman–Crippen LogP) is 3.52. The zero-order chi connectivity index (χ0) is 14.4. The third-order valence-electron chi connectivity index (χ3n) is 3.50. The van der Waals surface area contributed by atoms with Crippen molar-refractivity contribution in [1.29, 1.82) is 0 Å². The van der Waals surface area contributed by atoms with Crippen molar-refractivity contribution >= 4 is 33.7 Å². The Bertz CT molecular complexity index is 1030. The molecule has 21 heavy (non-hydrogen) atoms. The first-order chi connectivity index (χ1) is 10.3. The van der Waals surface area contributed by atoms with Crippen LogP contribution in [0.5, 0.6) is 0 Å². The quantitative estimate of drug-likeness (QED) is 0.584. The molecular formula is C16H10ClN3O. The first-order valence-corrected chi connectivity index (χ1v) is 6.86. The van der Waals surface area contributed by atoms with Crippen LogP contribution in [-0.2, 0) is 0 Å². The number of fused-ring (bicyclic) bond motifs is 2. The Labute approximate surface area is 124 Å². The monoisotopic (exact) mass is 295 g/mol. The van der Waals surface area contributed by atoms with Crippen molar-refractivity contribution in [3.63, 3.8) is 0 Å². The molecule has 0 aliphatic carbocycles. The molecular weight excluding hydrogens is 286 g/mol. The lowest BCUT2D eigenvalue weighted by Gasteiger charge is -2.12. The SMILES string of the molecule is O=c1c2cccnc2n(-c2cccc(Cl)c2)c2cc[nH]c12. The highest BCUT2D eigenvalue weighted by Gasteiger charge is 2.13. The predicted molar refractivity (Wildman–Crippen MR) is 84.2 cm³/mol. The third kappa shape index (κ3) is 1.76. The van der Waals surface area contributed by atoms with Crippen LogP contribution in [0.25, 0.3) is 27.8 Å². The lowest BCUT2D eigenvalue weighted by molar-refractivity contribution is 1.12. The Morgan fingerprint density at radius 3 is 2.90 bits per heavy atom. The highest BCUT2D eigenvalue weighted by Crippen LogP contribution is 2.23. The largest absolute Gasteiger partial charge is 0.357 e. The first kappa shape index (κ1) is 12.2. The number of pyridine rings is 2. The van der Waals surface area contributed by atoms with Crippen molar-refractivity contribution < 1.29 is 0 Å². The molecule has 0 radical (unpaired) electrons. The number of benzene rings is 1. The van der Waals surface area contributed by atoms with E-state index in [9.17, 15) is 4.79 Å². The Kier molecular flexibility index (Phi) is 2.59. The maximum atomic E-state index is 12.5. The van der Waals surface area contributed by atoms with Gasteiger partial charge in [-0.15, -0.1) is 0 Å². The second-order valence-corrected chi connectivity index (χ2v) is 5.19. The molecule has 1 aromatic carbocycles. The fourth-order valence-corrected chi connectivity index (χ4v) is 2.79. The molecule has 0 bridgehead atoms. The van der Waals surface area contributed by atoms with Gasteiger partial charge in [-0.25, -0.2) is 4.98 Å². The average molecular weight is 296 g/mol. The Hall–Kier alpha value is -2.59. The summed E-state index contributed by atoms with van der Waals surface area (Å²) in [5.41, 5.74) is 2.80. The minimum atomic E-state index is -0.0450. The van der Waals surface area contributed by atoms with Crippen LogP contribution in [-0.4, -0.2) is 14.5 Å². The van der Waals surface area contributed by atoms with Crippen molar-refractivity contribution in [2.45, 2.75) is 0 Å². The molecule has 4 aromatic rings. The van der Waals surface area contributed by atoms with E-state index < -0.39 is 0 Å². The van der Waals surface area contributed by atoms with Crippen LogP contribution in [0.15, 0.2) is 59.7 Å². The summed E-state index contributed by atoms with van der Waals surface area (Å²) in [6, 6.07) is 12.9. The number of aromatic nitrogens is 3. The van der Waals surface area contributed by atoms with Crippen LogP contribution in [0.3, 0.4) is 0 Å². The van der Waals surface area contributed by atoms with Crippen molar-refractivity contribution in [1.82, 2.24) is 14.5 Å². The van der Waals surface area contributed by atoms with Crippen LogP contribution in [0, 0.1) is 0 Å². The summed E-state index contributed by atoms with van der Waals surface area (Å²) in [6.07, 6.45) is 3.44. The molecule has 1 N–H and O–H groups in total. The summed E-state index contributed by atoms with van der Waals surface area (Å²) in [6.45, 7) is 0. The number of hydrogen-bond donors (Lipinski definition) is 1. The summed E-state index contributed by atoms with van der Waals surface area (Å²) in [7, 11) is 0. The Morgan fingerprint density at radius 2 is 2.05 bits per heavy atom. The van der Waals surface area contributed by atoms with Crippen molar-refractivity contribution in [2.24, 2.45) is 0 Å². The lowest BCUT2D eigenvalue weighted by Crippen LogP contribution is -2.10.